The molecule has 0 spiro atoms. The summed E-state index contributed by atoms with van der Waals surface area (Å²) >= 11 is 1.63. The van der Waals surface area contributed by atoms with Crippen molar-refractivity contribution in [3.8, 4) is 107 Å². The Morgan fingerprint density at radius 3 is 1.19 bits per heavy atom. The molecule has 29 heteroatoms. The Bertz CT molecular complexity index is 5700. The summed E-state index contributed by atoms with van der Waals surface area (Å²) in [6, 6.07) is 76.9. The molecule has 0 bridgehead atoms. The SMILES string of the molecule is O=C(O)CCCCCOc1ccccc1-c1cnc(-c2ccc(-c3ccco3)cc2)s1.O=C(O)CCCCCOc1ccccc1COC(CCN1CCOCC1)COc1ccc(-c2ccco2)cc1.O=C(O)CCCCCOc1ccccc1COC(CC[N+]1([O-])CCOCC1)COc1ccc(-c2ccco2)cc1.O=C(O)CCCCCOc1ccccc1OCC(=O)c1ccc(-c2ccco2)cc1. The number of ketones is 1. The Hall–Kier alpha value is -13.6. The topological polar surface area (TPSA) is 360 Å². The molecule has 2 aliphatic heterocycles. The normalized spacial score (nSPS) is 13.2. The first kappa shape index (κ1) is 105. The molecular weight excluding hydrogens is 1810 g/mol. The lowest BCUT2D eigenvalue weighted by atomic mass is 10.1. The summed E-state index contributed by atoms with van der Waals surface area (Å²) < 4.78 is 86.7. The van der Waals surface area contributed by atoms with Crippen LogP contribution in [-0.4, -0.2) is 189 Å². The molecule has 0 aliphatic carbocycles. The van der Waals surface area contributed by atoms with Gasteiger partial charge in [0.15, 0.2) is 23.9 Å². The van der Waals surface area contributed by atoms with E-state index in [-0.39, 0.29) is 54.9 Å². The van der Waals surface area contributed by atoms with Crippen molar-refractivity contribution in [2.75, 3.05) is 112 Å². The molecule has 2 atom stereocenters. The van der Waals surface area contributed by atoms with Gasteiger partial charge in [0, 0.05) is 108 Å². The van der Waals surface area contributed by atoms with E-state index in [0.717, 1.165) is 191 Å². The van der Waals surface area contributed by atoms with Crippen LogP contribution in [0.3, 0.4) is 0 Å². The van der Waals surface area contributed by atoms with Crippen LogP contribution in [0.2, 0.25) is 0 Å². The molecule has 0 radical (unpaired) electrons. The van der Waals surface area contributed by atoms with Crippen molar-refractivity contribution in [1.82, 2.24) is 9.88 Å². The highest BCUT2D eigenvalue weighted by molar-refractivity contribution is 7.18. The van der Waals surface area contributed by atoms with Crippen molar-refractivity contribution >= 4 is 41.0 Å². The van der Waals surface area contributed by atoms with Crippen molar-refractivity contribution in [2.45, 2.75) is 141 Å². The summed E-state index contributed by atoms with van der Waals surface area (Å²) in [5, 5.41) is 49.0. The maximum Gasteiger partial charge on any atom is 0.303 e. The predicted molar refractivity (Wildman–Crippen MR) is 532 cm³/mol. The number of hydroxylamine groups is 3. The van der Waals surface area contributed by atoms with E-state index in [1.54, 1.807) is 60.7 Å². The molecule has 2 aliphatic rings. The molecule has 5 aromatic heterocycles. The maximum absolute atomic E-state index is 13.1. The molecule has 0 saturated carbocycles. The highest BCUT2D eigenvalue weighted by Crippen LogP contribution is 2.39. The number of carboxylic acid groups (broad SMARTS) is 4. The molecule has 2 unspecified atom stereocenters. The maximum atomic E-state index is 13.1. The van der Waals surface area contributed by atoms with Gasteiger partial charge in [-0.3, -0.25) is 28.9 Å². The first-order chi connectivity index (χ1) is 68.5. The molecule has 8 aromatic carbocycles. The number of Topliss-reactive ketones (excluding diaryl/α,β-unsaturated/α-hetero) is 1. The van der Waals surface area contributed by atoms with Gasteiger partial charge in [0.1, 0.15) is 83.1 Å². The Labute approximate surface area is 820 Å². The molecule has 0 amide bonds. The van der Waals surface area contributed by atoms with Gasteiger partial charge in [-0.1, -0.05) is 109 Å². The summed E-state index contributed by atoms with van der Waals surface area (Å²) in [6.45, 7) is 10.1. The number of morpholine rings is 2. The third-order valence-corrected chi connectivity index (χ3v) is 24.2. The number of unbranched alkanes of at least 4 members (excludes halogenated alkanes) is 8. The van der Waals surface area contributed by atoms with Gasteiger partial charge >= 0.3 is 23.9 Å². The van der Waals surface area contributed by atoms with Gasteiger partial charge in [0.25, 0.3) is 0 Å². The van der Waals surface area contributed by atoms with Crippen LogP contribution in [0.4, 0.5) is 0 Å². The number of rotatable bonds is 56. The number of carboxylic acids is 4. The first-order valence-electron chi connectivity index (χ1n) is 47.9. The molecule has 4 N–H and O–H groups in total. The standard InChI is InChI=1S/C31H39NO8.C31H39NO7.C25H23NO4S.C24H24O6/c33-31(34)10-2-1-5-19-37-30-8-4-3-7-26(30)23-39-28(15-16-32(35)17-21-36-22-18-32)24-40-27-13-11-25(12-14-27)29-9-6-20-38-29;33-31(34)10-2-1-5-19-36-30-8-4-3-7-26(30)23-38-28(15-16-32-17-21-35-22-18-32)24-39-27-13-11-25(12-14-27)29-9-6-20-37-29;27-24(28)10-2-1-5-15-30-22-8-4-3-7-20(22)23-17-26-25(31-23)19-13-11-18(12-14-19)21-9-6-16-29-21;25-20(18-11-13-19(14-12-18)21-9-6-16-28-21)17-30-23-8-4-3-7-22(23)29-15-5-1-2-10-24(26)27/h3-4,6-9,11-14,20,28H,1-2,5,10,15-19,21-24H2,(H,33,34);3-4,6-9,11-14,20,28H,1-2,5,10,15-19,21-24H2,(H,33,34);3-4,6-9,11-14,16-17H,1-2,5,10,15H2,(H,27,28);3-4,6-9,11-14,16H,1-2,5,10,15,17H2,(H,26,27). The van der Waals surface area contributed by atoms with Crippen LogP contribution < -0.4 is 33.2 Å². The lowest BCUT2D eigenvalue weighted by Crippen LogP contribution is -2.51. The van der Waals surface area contributed by atoms with Gasteiger partial charge in [-0.05, 0) is 217 Å². The fourth-order valence-electron chi connectivity index (χ4n) is 15.2. The molecule has 2 saturated heterocycles. The molecule has 13 aromatic rings. The average Bonchev–Trinajstić information content (AvgIpc) is 1.67. The van der Waals surface area contributed by atoms with Crippen molar-refractivity contribution in [3.63, 3.8) is 0 Å². The number of aromatic nitrogens is 1. The van der Waals surface area contributed by atoms with E-state index in [1.165, 1.54) is 0 Å². The van der Waals surface area contributed by atoms with E-state index in [4.69, 9.17) is 90.2 Å². The van der Waals surface area contributed by atoms with Crippen LogP contribution in [-0.2, 0) is 51.3 Å². The zero-order valence-corrected chi connectivity index (χ0v) is 79.7. The molecule has 740 valence electrons. The van der Waals surface area contributed by atoms with E-state index < -0.39 is 23.9 Å². The second-order valence-corrected chi connectivity index (χ2v) is 34.6. The fourth-order valence-corrected chi connectivity index (χ4v) is 16.1. The summed E-state index contributed by atoms with van der Waals surface area (Å²) in [5.41, 5.74) is 8.45. The zero-order valence-electron chi connectivity index (χ0n) is 78.9. The third-order valence-electron chi connectivity index (χ3n) is 23.1. The summed E-state index contributed by atoms with van der Waals surface area (Å²) in [4.78, 5) is 63.0. The number of aliphatic carboxylic acids is 4. The molecule has 28 nitrogen and oxygen atoms in total. The Kier molecular flexibility index (Phi) is 44.3. The molecule has 7 heterocycles. The van der Waals surface area contributed by atoms with Gasteiger partial charge in [-0.2, -0.15) is 0 Å². The number of ether oxygens (including phenoxy) is 11. The Morgan fingerprint density at radius 1 is 0.386 bits per heavy atom. The highest BCUT2D eigenvalue weighted by Gasteiger charge is 2.26. The predicted octanol–water partition coefficient (Wildman–Crippen LogP) is 23.3. The quantitative estimate of drug-likeness (QED) is 0.0119. The summed E-state index contributed by atoms with van der Waals surface area (Å²) in [6.07, 6.45) is 19.3. The molecule has 15 rings (SSSR count). The Morgan fingerprint density at radius 2 is 0.757 bits per heavy atom. The average molecular weight is 1930 g/mol. The number of quaternary nitrogens is 1. The van der Waals surface area contributed by atoms with Gasteiger partial charge < -0.3 is 100 Å². The van der Waals surface area contributed by atoms with Crippen LogP contribution in [0.5, 0.6) is 40.2 Å². The molecular formula is C111H125N3O25S. The van der Waals surface area contributed by atoms with E-state index >= 15 is 0 Å². The zero-order chi connectivity index (χ0) is 97.8. The summed E-state index contributed by atoms with van der Waals surface area (Å²) in [7, 11) is 0. The number of thiazole rings is 1. The number of para-hydroxylation sites is 5. The van der Waals surface area contributed by atoms with Crippen molar-refractivity contribution < 1.29 is 119 Å². The Balaban J connectivity index is 0.000000168. The van der Waals surface area contributed by atoms with Crippen LogP contribution in [0, 0.1) is 5.21 Å². The van der Waals surface area contributed by atoms with Gasteiger partial charge in [0.05, 0.1) is 115 Å². The minimum atomic E-state index is -0.782. The number of carbonyl (C=O) groups is 5. The molecule has 2 fully saturated rings. The van der Waals surface area contributed by atoms with E-state index in [9.17, 15) is 29.2 Å². The smallest absolute Gasteiger partial charge is 0.303 e. The fraction of sp³-hybridized carbons (Fsp3) is 0.351. The monoisotopic (exact) mass is 1930 g/mol. The number of nitrogens with zero attached hydrogens (tertiary/aromatic N) is 3. The van der Waals surface area contributed by atoms with Crippen LogP contribution >= 0.6 is 11.3 Å². The van der Waals surface area contributed by atoms with Gasteiger partial charge in [-0.15, -0.1) is 11.3 Å². The van der Waals surface area contributed by atoms with E-state index in [1.807, 2.05) is 212 Å². The van der Waals surface area contributed by atoms with Crippen LogP contribution in [0.1, 0.15) is 137 Å². The number of hydrogen-bond donors (Lipinski definition) is 4. The third kappa shape index (κ3) is 37.3. The first-order valence-corrected chi connectivity index (χ1v) is 48.7. The van der Waals surface area contributed by atoms with Crippen molar-refractivity contribution in [1.29, 1.82) is 0 Å². The van der Waals surface area contributed by atoms with E-state index in [2.05, 4.69) is 22.0 Å². The largest absolute Gasteiger partial charge is 0.633 e. The number of carbonyl (C=O) groups excluding carboxylic acids is 1. The lowest BCUT2D eigenvalue weighted by molar-refractivity contribution is -0.889. The van der Waals surface area contributed by atoms with Crippen LogP contribution in [0.15, 0.2) is 292 Å². The van der Waals surface area contributed by atoms with E-state index in [0.29, 0.717) is 141 Å². The van der Waals surface area contributed by atoms with Crippen molar-refractivity contribution in [2.24, 2.45) is 0 Å². The summed E-state index contributed by atoms with van der Waals surface area (Å²) in [5.74, 6) is 4.98. The highest BCUT2D eigenvalue weighted by atomic mass is 32.1. The number of hydrogen-bond acceptors (Lipinski definition) is 24. The second-order valence-electron chi connectivity index (χ2n) is 33.6. The number of furan rings is 4. The van der Waals surface area contributed by atoms with Gasteiger partial charge in [0.2, 0.25) is 0 Å². The minimum absolute atomic E-state index is 0.0957. The molecule has 140 heavy (non-hydrogen) atoms. The minimum Gasteiger partial charge on any atom is -0.633 e. The van der Waals surface area contributed by atoms with Crippen LogP contribution in [0.25, 0.3) is 66.3 Å². The van der Waals surface area contributed by atoms with Crippen molar-refractivity contribution in [3.05, 3.63) is 296 Å². The second kappa shape index (κ2) is 59.0. The number of benzene rings is 8. The van der Waals surface area contributed by atoms with Gasteiger partial charge in [-0.25, -0.2) is 4.98 Å². The lowest BCUT2D eigenvalue weighted by Gasteiger charge is -2.45.